The van der Waals surface area contributed by atoms with E-state index in [1.54, 1.807) is 12.1 Å². The molecule has 0 saturated heterocycles. The molecular formula is C18H20FNO2. The Morgan fingerprint density at radius 2 is 1.77 bits per heavy atom. The van der Waals surface area contributed by atoms with Gasteiger partial charge in [0.2, 0.25) is 5.91 Å². The van der Waals surface area contributed by atoms with Crippen LogP contribution in [0, 0.1) is 12.7 Å². The van der Waals surface area contributed by atoms with E-state index in [0.29, 0.717) is 26.0 Å². The highest BCUT2D eigenvalue weighted by Gasteiger charge is 2.02. The van der Waals surface area contributed by atoms with Crippen LogP contribution in [0.3, 0.4) is 0 Å². The van der Waals surface area contributed by atoms with E-state index >= 15 is 0 Å². The number of benzene rings is 2. The monoisotopic (exact) mass is 301 g/mol. The number of aryl methyl sites for hydroxylation is 1. The lowest BCUT2D eigenvalue weighted by atomic mass is 10.2. The highest BCUT2D eigenvalue weighted by atomic mass is 19.1. The summed E-state index contributed by atoms with van der Waals surface area (Å²) in [5, 5.41) is 2.81. The van der Waals surface area contributed by atoms with Crippen molar-refractivity contribution in [2.24, 2.45) is 0 Å². The Kier molecular flexibility index (Phi) is 5.95. The van der Waals surface area contributed by atoms with Crippen molar-refractivity contribution in [3.05, 3.63) is 65.5 Å². The zero-order valence-electron chi connectivity index (χ0n) is 12.6. The van der Waals surface area contributed by atoms with Crippen molar-refractivity contribution < 1.29 is 13.9 Å². The van der Waals surface area contributed by atoms with E-state index in [0.717, 1.165) is 11.3 Å². The Hall–Kier alpha value is -2.36. The quantitative estimate of drug-likeness (QED) is 0.793. The summed E-state index contributed by atoms with van der Waals surface area (Å²) >= 11 is 0. The third kappa shape index (κ3) is 5.56. The summed E-state index contributed by atoms with van der Waals surface area (Å²) in [5.74, 6) is 0.512. The summed E-state index contributed by atoms with van der Waals surface area (Å²) < 4.78 is 18.3. The summed E-state index contributed by atoms with van der Waals surface area (Å²) in [4.78, 5) is 11.7. The first kappa shape index (κ1) is 16.0. The van der Waals surface area contributed by atoms with Crippen molar-refractivity contribution in [3.8, 4) is 5.75 Å². The van der Waals surface area contributed by atoms with Gasteiger partial charge in [0.15, 0.2) is 0 Å². The van der Waals surface area contributed by atoms with Gasteiger partial charge in [0.25, 0.3) is 0 Å². The summed E-state index contributed by atoms with van der Waals surface area (Å²) in [6.07, 6.45) is 1.07. The fraction of sp³-hybridized carbons (Fsp3) is 0.278. The molecule has 22 heavy (non-hydrogen) atoms. The molecule has 1 amide bonds. The smallest absolute Gasteiger partial charge is 0.220 e. The van der Waals surface area contributed by atoms with Crippen molar-refractivity contribution in [1.29, 1.82) is 0 Å². The first-order valence-corrected chi connectivity index (χ1v) is 7.34. The van der Waals surface area contributed by atoms with E-state index in [-0.39, 0.29) is 11.7 Å². The average Bonchev–Trinajstić information content (AvgIpc) is 2.53. The second-order valence-electron chi connectivity index (χ2n) is 5.17. The van der Waals surface area contributed by atoms with Gasteiger partial charge in [-0.05, 0) is 43.2 Å². The highest BCUT2D eigenvalue weighted by molar-refractivity contribution is 5.75. The molecule has 0 radical (unpaired) electrons. The van der Waals surface area contributed by atoms with E-state index in [9.17, 15) is 9.18 Å². The molecule has 0 fully saturated rings. The zero-order valence-corrected chi connectivity index (χ0v) is 12.6. The van der Waals surface area contributed by atoms with Gasteiger partial charge in [-0.2, -0.15) is 0 Å². The van der Waals surface area contributed by atoms with Gasteiger partial charge in [0.05, 0.1) is 6.61 Å². The van der Waals surface area contributed by atoms with Crippen LogP contribution >= 0.6 is 0 Å². The molecule has 0 spiro atoms. The number of hydrogen-bond acceptors (Lipinski definition) is 2. The number of carbonyl (C=O) groups excluding carboxylic acids is 1. The maximum Gasteiger partial charge on any atom is 0.220 e. The highest BCUT2D eigenvalue weighted by Crippen LogP contribution is 2.11. The Labute approximate surface area is 130 Å². The standard InChI is InChI=1S/C18H20FNO2/c1-14-4-10-17(11-5-14)22-12-2-3-18(21)20-13-15-6-8-16(19)9-7-15/h4-11H,2-3,12-13H2,1H3,(H,20,21). The van der Waals surface area contributed by atoms with Crippen LogP contribution in [0.25, 0.3) is 0 Å². The van der Waals surface area contributed by atoms with E-state index in [1.807, 2.05) is 31.2 Å². The topological polar surface area (TPSA) is 38.3 Å². The molecule has 3 nitrogen and oxygen atoms in total. The van der Waals surface area contributed by atoms with Gasteiger partial charge < -0.3 is 10.1 Å². The largest absolute Gasteiger partial charge is 0.494 e. The SMILES string of the molecule is Cc1ccc(OCCCC(=O)NCc2ccc(F)cc2)cc1. The molecule has 1 N–H and O–H groups in total. The van der Waals surface area contributed by atoms with Gasteiger partial charge in [0.1, 0.15) is 11.6 Å². The van der Waals surface area contributed by atoms with Gasteiger partial charge >= 0.3 is 0 Å². The van der Waals surface area contributed by atoms with Gasteiger partial charge in [-0.1, -0.05) is 29.8 Å². The van der Waals surface area contributed by atoms with Crippen LogP contribution in [-0.4, -0.2) is 12.5 Å². The number of rotatable bonds is 7. The van der Waals surface area contributed by atoms with Crippen LogP contribution in [0.2, 0.25) is 0 Å². The van der Waals surface area contributed by atoms with Gasteiger partial charge in [-0.3, -0.25) is 4.79 Å². The number of halogens is 1. The fourth-order valence-corrected chi connectivity index (χ4v) is 1.95. The molecule has 0 aromatic heterocycles. The lowest BCUT2D eigenvalue weighted by molar-refractivity contribution is -0.121. The Bertz CT molecular complexity index is 593. The lowest BCUT2D eigenvalue weighted by Crippen LogP contribution is -2.22. The molecule has 0 aliphatic heterocycles. The molecule has 0 bridgehead atoms. The van der Waals surface area contributed by atoms with Gasteiger partial charge in [0, 0.05) is 13.0 Å². The molecule has 4 heteroatoms. The van der Waals surface area contributed by atoms with E-state index in [1.165, 1.54) is 17.7 Å². The molecule has 0 unspecified atom stereocenters. The van der Waals surface area contributed by atoms with Gasteiger partial charge in [-0.25, -0.2) is 4.39 Å². The molecular weight excluding hydrogens is 281 g/mol. The summed E-state index contributed by atoms with van der Waals surface area (Å²) in [5.41, 5.74) is 2.07. The van der Waals surface area contributed by atoms with Crippen molar-refractivity contribution in [3.63, 3.8) is 0 Å². The number of hydrogen-bond donors (Lipinski definition) is 1. The summed E-state index contributed by atoms with van der Waals surface area (Å²) in [7, 11) is 0. The minimum Gasteiger partial charge on any atom is -0.494 e. The fourth-order valence-electron chi connectivity index (χ4n) is 1.95. The van der Waals surface area contributed by atoms with Crippen LogP contribution in [0.15, 0.2) is 48.5 Å². The maximum absolute atomic E-state index is 12.8. The molecule has 0 saturated carbocycles. The first-order valence-electron chi connectivity index (χ1n) is 7.34. The summed E-state index contributed by atoms with van der Waals surface area (Å²) in [6.45, 7) is 2.94. The van der Waals surface area contributed by atoms with Crippen LogP contribution < -0.4 is 10.1 Å². The molecule has 2 rings (SSSR count). The second kappa shape index (κ2) is 8.17. The minimum atomic E-state index is -0.275. The maximum atomic E-state index is 12.8. The van der Waals surface area contributed by atoms with Crippen molar-refractivity contribution in [1.82, 2.24) is 5.32 Å². The van der Waals surface area contributed by atoms with Crippen LogP contribution in [-0.2, 0) is 11.3 Å². The summed E-state index contributed by atoms with van der Waals surface area (Å²) in [6, 6.07) is 13.9. The first-order chi connectivity index (χ1) is 10.6. The second-order valence-corrected chi connectivity index (χ2v) is 5.17. The third-order valence-electron chi connectivity index (χ3n) is 3.24. The van der Waals surface area contributed by atoms with E-state index < -0.39 is 0 Å². The van der Waals surface area contributed by atoms with Crippen molar-refractivity contribution in [2.45, 2.75) is 26.3 Å². The Morgan fingerprint density at radius 3 is 2.45 bits per heavy atom. The predicted molar refractivity (Wildman–Crippen MR) is 84.2 cm³/mol. The number of ether oxygens (including phenoxy) is 1. The normalized spacial score (nSPS) is 10.3. The molecule has 2 aromatic rings. The van der Waals surface area contributed by atoms with Crippen molar-refractivity contribution in [2.75, 3.05) is 6.61 Å². The number of amides is 1. The van der Waals surface area contributed by atoms with E-state index in [2.05, 4.69) is 5.32 Å². The van der Waals surface area contributed by atoms with Crippen LogP contribution in [0.5, 0.6) is 5.75 Å². The lowest BCUT2D eigenvalue weighted by Gasteiger charge is -2.07. The zero-order chi connectivity index (χ0) is 15.8. The molecule has 0 aliphatic carbocycles. The molecule has 0 heterocycles. The van der Waals surface area contributed by atoms with Gasteiger partial charge in [-0.15, -0.1) is 0 Å². The third-order valence-corrected chi connectivity index (χ3v) is 3.24. The number of nitrogens with one attached hydrogen (secondary N) is 1. The molecule has 0 aliphatic rings. The van der Waals surface area contributed by atoms with E-state index in [4.69, 9.17) is 4.74 Å². The average molecular weight is 301 g/mol. The number of carbonyl (C=O) groups is 1. The Balaban J connectivity index is 1.61. The minimum absolute atomic E-state index is 0.0307. The molecule has 2 aromatic carbocycles. The Morgan fingerprint density at radius 1 is 1.09 bits per heavy atom. The van der Waals surface area contributed by atoms with Crippen LogP contribution in [0.1, 0.15) is 24.0 Å². The van der Waals surface area contributed by atoms with Crippen LogP contribution in [0.4, 0.5) is 4.39 Å². The molecule has 0 atom stereocenters. The van der Waals surface area contributed by atoms with Crippen molar-refractivity contribution >= 4 is 5.91 Å². The predicted octanol–water partition coefficient (Wildman–Crippen LogP) is 3.61. The molecule has 116 valence electrons.